The molecule has 4 aromatic rings. The van der Waals surface area contributed by atoms with Crippen LogP contribution >= 0.6 is 23.5 Å². The summed E-state index contributed by atoms with van der Waals surface area (Å²) in [5.41, 5.74) is -4.03. The van der Waals surface area contributed by atoms with Gasteiger partial charge in [-0.05, 0) is 43.3 Å². The van der Waals surface area contributed by atoms with Crippen molar-refractivity contribution in [2.75, 3.05) is 12.4 Å². The summed E-state index contributed by atoms with van der Waals surface area (Å²) < 4.78 is 90.1. The summed E-state index contributed by atoms with van der Waals surface area (Å²) in [6.45, 7) is 1.38. The largest absolute Gasteiger partial charge is 0.501 e. The maximum Gasteiger partial charge on any atom is 0.416 e. The molecule has 1 aliphatic rings. The Balaban J connectivity index is 1.54. The Morgan fingerprint density at radius 3 is 1.98 bits per heavy atom. The van der Waals surface area contributed by atoms with Crippen molar-refractivity contribution in [3.8, 4) is 0 Å². The van der Waals surface area contributed by atoms with Gasteiger partial charge in [0.25, 0.3) is 5.60 Å². The van der Waals surface area contributed by atoms with Crippen molar-refractivity contribution < 1.29 is 50.5 Å². The first-order chi connectivity index (χ1) is 20.2. The Bertz CT molecular complexity index is 1790. The van der Waals surface area contributed by atoms with E-state index in [2.05, 4.69) is 9.97 Å². The van der Waals surface area contributed by atoms with E-state index in [0.29, 0.717) is 10.3 Å². The lowest BCUT2D eigenvalue weighted by Crippen LogP contribution is -2.44. The summed E-state index contributed by atoms with van der Waals surface area (Å²) in [4.78, 5) is 34.4. The Morgan fingerprint density at radius 2 is 1.44 bits per heavy atom. The minimum atomic E-state index is -4.62. The van der Waals surface area contributed by atoms with Crippen molar-refractivity contribution in [1.29, 1.82) is 0 Å². The predicted molar refractivity (Wildman–Crippen MR) is 145 cm³/mol. The predicted octanol–water partition coefficient (Wildman–Crippen LogP) is 7.33. The zero-order chi connectivity index (χ0) is 31.2. The van der Waals surface area contributed by atoms with E-state index in [1.54, 1.807) is 0 Å². The quantitative estimate of drug-likeness (QED) is 0.126. The number of pyridine rings is 2. The molecule has 0 spiro atoms. The summed E-state index contributed by atoms with van der Waals surface area (Å²) in [7, 11) is 0. The second kappa shape index (κ2) is 11.3. The first-order valence-electron chi connectivity index (χ1n) is 12.3. The number of rotatable bonds is 7. The molecule has 0 fully saturated rings. The standard InChI is InChI=1S/C28H18F6N2O5S2/c1-2-40-25(39)26(13-42-20-7-9-35-18-11-14(27(29,30)31)3-5-16(18)20)23(22(37)24(38)41-26)43-21-8-10-36-19-12-15(28(32,33)34)4-6-17(19)21/h3-12,37H,2,13H2,1H3. The van der Waals surface area contributed by atoms with Gasteiger partial charge < -0.3 is 14.6 Å². The van der Waals surface area contributed by atoms with Crippen LogP contribution in [0, 0.1) is 0 Å². The highest BCUT2D eigenvalue weighted by molar-refractivity contribution is 8.03. The SMILES string of the molecule is CCOC(=O)C1(CSc2ccnc3cc(C(F)(F)F)ccc23)OC(=O)C(O)=C1Sc1ccnc2cc(C(F)(F)F)ccc12. The summed E-state index contributed by atoms with van der Waals surface area (Å²) in [5, 5.41) is 11.3. The molecule has 43 heavy (non-hydrogen) atoms. The van der Waals surface area contributed by atoms with Gasteiger partial charge in [0.15, 0.2) is 0 Å². The van der Waals surface area contributed by atoms with Gasteiger partial charge in [0.1, 0.15) is 0 Å². The van der Waals surface area contributed by atoms with Gasteiger partial charge in [0, 0.05) is 33.0 Å². The van der Waals surface area contributed by atoms with Crippen molar-refractivity contribution in [3.05, 3.63) is 82.7 Å². The fraction of sp³-hybridized carbons (Fsp3) is 0.214. The molecule has 2 aromatic carbocycles. The third-order valence-corrected chi connectivity index (χ3v) is 8.87. The number of benzene rings is 2. The van der Waals surface area contributed by atoms with E-state index in [-0.39, 0.29) is 38.6 Å². The molecular weight excluding hydrogens is 622 g/mol. The summed E-state index contributed by atoms with van der Waals surface area (Å²) in [5.74, 6) is -3.53. The number of esters is 2. The van der Waals surface area contributed by atoms with Crippen LogP contribution in [0.15, 0.2) is 81.4 Å². The summed E-state index contributed by atoms with van der Waals surface area (Å²) >= 11 is 1.67. The number of ether oxygens (including phenoxy) is 2. The lowest BCUT2D eigenvalue weighted by Gasteiger charge is -2.27. The number of carbonyl (C=O) groups excluding carboxylic acids is 2. The van der Waals surface area contributed by atoms with Crippen molar-refractivity contribution >= 4 is 57.3 Å². The highest BCUT2D eigenvalue weighted by Gasteiger charge is 2.56. The fourth-order valence-electron chi connectivity index (χ4n) is 4.30. The highest BCUT2D eigenvalue weighted by atomic mass is 32.2. The Kier molecular flexibility index (Phi) is 7.98. The first kappa shape index (κ1) is 30.5. The molecule has 7 nitrogen and oxygen atoms in total. The lowest BCUT2D eigenvalue weighted by molar-refractivity contribution is -0.169. The van der Waals surface area contributed by atoms with Gasteiger partial charge in [0.2, 0.25) is 5.76 Å². The molecule has 0 amide bonds. The fourth-order valence-corrected chi connectivity index (χ4v) is 6.73. The Labute approximate surface area is 247 Å². The van der Waals surface area contributed by atoms with Crippen LogP contribution in [-0.4, -0.2) is 45.0 Å². The van der Waals surface area contributed by atoms with Crippen LogP contribution in [0.1, 0.15) is 18.1 Å². The zero-order valence-corrected chi connectivity index (χ0v) is 23.4. The smallest absolute Gasteiger partial charge is 0.416 e. The van der Waals surface area contributed by atoms with Gasteiger partial charge in [-0.25, -0.2) is 9.59 Å². The molecule has 224 valence electrons. The van der Waals surface area contributed by atoms with Crippen LogP contribution in [0.5, 0.6) is 0 Å². The molecule has 0 radical (unpaired) electrons. The molecule has 5 rings (SSSR count). The minimum absolute atomic E-state index is 0.0252. The Morgan fingerprint density at radius 1 is 0.907 bits per heavy atom. The number of hydrogen-bond acceptors (Lipinski definition) is 9. The van der Waals surface area contributed by atoms with E-state index in [0.717, 1.165) is 47.8 Å². The van der Waals surface area contributed by atoms with E-state index in [1.165, 1.54) is 43.6 Å². The van der Waals surface area contributed by atoms with Crippen LogP contribution < -0.4 is 0 Å². The molecule has 0 bridgehead atoms. The number of aliphatic hydroxyl groups is 1. The third kappa shape index (κ3) is 5.83. The maximum absolute atomic E-state index is 13.4. The number of carbonyl (C=O) groups is 2. The average molecular weight is 641 g/mol. The van der Waals surface area contributed by atoms with Gasteiger partial charge in [-0.15, -0.1) is 11.8 Å². The topological polar surface area (TPSA) is 98.6 Å². The molecule has 1 atom stereocenters. The molecular formula is C28H18F6N2O5S2. The Hall–Kier alpha value is -3.98. The van der Waals surface area contributed by atoms with E-state index in [1.807, 2.05) is 0 Å². The number of alkyl halides is 6. The van der Waals surface area contributed by atoms with Crippen molar-refractivity contribution in [3.63, 3.8) is 0 Å². The van der Waals surface area contributed by atoms with E-state index in [4.69, 9.17) is 9.47 Å². The average Bonchev–Trinajstić information content (AvgIpc) is 3.20. The van der Waals surface area contributed by atoms with Gasteiger partial charge >= 0.3 is 24.3 Å². The van der Waals surface area contributed by atoms with Crippen LogP contribution in [0.3, 0.4) is 0 Å². The number of halogens is 6. The first-order valence-corrected chi connectivity index (χ1v) is 14.1. The normalized spacial score (nSPS) is 17.5. The van der Waals surface area contributed by atoms with Crippen molar-refractivity contribution in [2.24, 2.45) is 0 Å². The minimum Gasteiger partial charge on any atom is -0.501 e. The van der Waals surface area contributed by atoms with Crippen LogP contribution in [0.2, 0.25) is 0 Å². The van der Waals surface area contributed by atoms with E-state index in [9.17, 15) is 41.0 Å². The second-order valence-electron chi connectivity index (χ2n) is 9.08. The zero-order valence-electron chi connectivity index (χ0n) is 21.7. The molecule has 0 saturated carbocycles. The van der Waals surface area contributed by atoms with E-state index >= 15 is 0 Å². The maximum atomic E-state index is 13.4. The second-order valence-corrected chi connectivity index (χ2v) is 11.2. The molecule has 3 heterocycles. The van der Waals surface area contributed by atoms with E-state index < -0.39 is 46.8 Å². The molecule has 1 unspecified atom stereocenters. The lowest BCUT2D eigenvalue weighted by atomic mass is 10.1. The summed E-state index contributed by atoms with van der Waals surface area (Å²) in [6.07, 6.45) is -6.69. The number of fused-ring (bicyclic) bond motifs is 2. The molecule has 0 aliphatic carbocycles. The van der Waals surface area contributed by atoms with Crippen molar-refractivity contribution in [2.45, 2.75) is 34.7 Å². The number of aromatic nitrogens is 2. The van der Waals surface area contributed by atoms with Gasteiger partial charge in [0.05, 0.1) is 39.4 Å². The third-order valence-electron chi connectivity index (χ3n) is 6.35. The number of nitrogens with zero attached hydrogens (tertiary/aromatic N) is 2. The molecule has 0 saturated heterocycles. The molecule has 2 aromatic heterocycles. The number of hydrogen-bond donors (Lipinski definition) is 1. The molecule has 1 aliphatic heterocycles. The van der Waals surface area contributed by atoms with Crippen LogP contribution in [0.25, 0.3) is 21.8 Å². The number of aliphatic hydroxyl groups excluding tert-OH is 1. The monoisotopic (exact) mass is 640 g/mol. The molecule has 15 heteroatoms. The van der Waals surface area contributed by atoms with Crippen molar-refractivity contribution in [1.82, 2.24) is 9.97 Å². The van der Waals surface area contributed by atoms with Gasteiger partial charge in [-0.3, -0.25) is 9.97 Å². The number of thioether (sulfide) groups is 2. The highest BCUT2D eigenvalue weighted by Crippen LogP contribution is 2.48. The number of cyclic esters (lactones) is 1. The molecule has 1 N–H and O–H groups in total. The van der Waals surface area contributed by atoms with Gasteiger partial charge in [-0.2, -0.15) is 26.3 Å². The van der Waals surface area contributed by atoms with Crippen LogP contribution in [-0.2, 0) is 31.4 Å². The summed E-state index contributed by atoms with van der Waals surface area (Å²) in [6, 6.07) is 8.80. The van der Waals surface area contributed by atoms with Gasteiger partial charge in [-0.1, -0.05) is 23.9 Å². The van der Waals surface area contributed by atoms with Crippen LogP contribution in [0.4, 0.5) is 26.3 Å².